The van der Waals surface area contributed by atoms with Crippen molar-refractivity contribution in [1.82, 2.24) is 10.2 Å². The smallest absolute Gasteiger partial charge is 0.239 e. The summed E-state index contributed by atoms with van der Waals surface area (Å²) in [6, 6.07) is 9.68. The first-order valence-corrected chi connectivity index (χ1v) is 6.69. The Kier molecular flexibility index (Phi) is 3.92. The van der Waals surface area contributed by atoms with Crippen LogP contribution in [0.25, 0.3) is 0 Å². The fourth-order valence-corrected chi connectivity index (χ4v) is 2.92. The Morgan fingerprint density at radius 1 is 1.42 bits per heavy atom. The molecule has 2 rings (SSSR count). The number of carbonyl (C=O) groups excluding carboxylic acids is 1. The van der Waals surface area contributed by atoms with Gasteiger partial charge in [0.05, 0.1) is 6.61 Å². The number of nitrogens with zero attached hydrogens (tertiary/aromatic N) is 1. The van der Waals surface area contributed by atoms with Crippen molar-refractivity contribution in [3.05, 3.63) is 35.9 Å². The van der Waals surface area contributed by atoms with Crippen molar-refractivity contribution in [3.8, 4) is 0 Å². The maximum absolute atomic E-state index is 11.9. The van der Waals surface area contributed by atoms with Crippen LogP contribution in [0.2, 0.25) is 0 Å². The van der Waals surface area contributed by atoms with Gasteiger partial charge in [0, 0.05) is 18.1 Å². The van der Waals surface area contributed by atoms with E-state index in [9.17, 15) is 9.90 Å². The molecule has 0 spiro atoms. The molecule has 2 atom stereocenters. The maximum Gasteiger partial charge on any atom is 0.239 e. The predicted molar refractivity (Wildman–Crippen MR) is 74.7 cm³/mol. The van der Waals surface area contributed by atoms with E-state index in [1.54, 1.807) is 0 Å². The fourth-order valence-electron chi connectivity index (χ4n) is 2.92. The molecule has 1 aromatic carbocycles. The lowest BCUT2D eigenvalue weighted by Crippen LogP contribution is -2.66. The average Bonchev–Trinajstić information content (AvgIpc) is 2.41. The van der Waals surface area contributed by atoms with Crippen molar-refractivity contribution in [2.45, 2.75) is 38.4 Å². The van der Waals surface area contributed by atoms with Crippen LogP contribution in [0.15, 0.2) is 30.3 Å². The van der Waals surface area contributed by atoms with E-state index in [4.69, 9.17) is 0 Å². The van der Waals surface area contributed by atoms with Gasteiger partial charge in [0.15, 0.2) is 0 Å². The zero-order valence-electron chi connectivity index (χ0n) is 11.8. The molecule has 0 aromatic heterocycles. The first-order chi connectivity index (χ1) is 8.97. The lowest BCUT2D eigenvalue weighted by atomic mass is 9.91. The molecule has 104 valence electrons. The van der Waals surface area contributed by atoms with Crippen molar-refractivity contribution in [1.29, 1.82) is 0 Å². The predicted octanol–water partition coefficient (Wildman–Crippen LogP) is 1.32. The first kappa shape index (κ1) is 14.0. The molecule has 2 unspecified atom stereocenters. The van der Waals surface area contributed by atoms with Crippen LogP contribution < -0.4 is 5.32 Å². The summed E-state index contributed by atoms with van der Waals surface area (Å²) in [5.74, 6) is -0.0930. The van der Waals surface area contributed by atoms with Crippen LogP contribution in [-0.4, -0.2) is 40.6 Å². The molecule has 1 aromatic rings. The third kappa shape index (κ3) is 2.65. The molecule has 1 saturated heterocycles. The summed E-state index contributed by atoms with van der Waals surface area (Å²) in [7, 11) is 0. The van der Waals surface area contributed by atoms with Crippen molar-refractivity contribution in [2.75, 3.05) is 13.2 Å². The van der Waals surface area contributed by atoms with Crippen LogP contribution >= 0.6 is 0 Å². The molecule has 4 heteroatoms. The zero-order chi connectivity index (χ0) is 14.0. The van der Waals surface area contributed by atoms with Gasteiger partial charge in [-0.05, 0) is 26.3 Å². The monoisotopic (exact) mass is 262 g/mol. The minimum absolute atomic E-state index is 0.0828. The van der Waals surface area contributed by atoms with Crippen LogP contribution in [0, 0.1) is 0 Å². The van der Waals surface area contributed by atoms with Crippen molar-refractivity contribution >= 4 is 5.91 Å². The molecule has 1 heterocycles. The van der Waals surface area contributed by atoms with E-state index >= 15 is 0 Å². The first-order valence-electron chi connectivity index (χ1n) is 6.69. The second-order valence-electron chi connectivity index (χ2n) is 5.72. The van der Waals surface area contributed by atoms with E-state index in [0.29, 0.717) is 6.54 Å². The molecule has 0 radical (unpaired) electrons. The van der Waals surface area contributed by atoms with Gasteiger partial charge >= 0.3 is 0 Å². The van der Waals surface area contributed by atoms with Crippen molar-refractivity contribution in [2.24, 2.45) is 0 Å². The van der Waals surface area contributed by atoms with Gasteiger partial charge in [-0.3, -0.25) is 9.69 Å². The number of aliphatic hydroxyl groups excluding tert-OH is 1. The van der Waals surface area contributed by atoms with Gasteiger partial charge in [-0.25, -0.2) is 0 Å². The minimum atomic E-state index is -0.487. The number of benzene rings is 1. The molecule has 1 aliphatic rings. The standard InChI is InChI=1S/C15H22N2O2/c1-11(12-7-5-4-6-8-12)17-13(9-18)14(19)16-10-15(17,2)3/h4-8,11,13,18H,9-10H2,1-3H3,(H,16,19). The number of piperazine rings is 1. The number of nitrogens with one attached hydrogen (secondary N) is 1. The van der Waals surface area contributed by atoms with Gasteiger partial charge in [0.1, 0.15) is 6.04 Å². The fraction of sp³-hybridized carbons (Fsp3) is 0.533. The molecule has 4 nitrogen and oxygen atoms in total. The number of carbonyl (C=O) groups is 1. The van der Waals surface area contributed by atoms with Crippen LogP contribution in [0.4, 0.5) is 0 Å². The second kappa shape index (κ2) is 5.31. The highest BCUT2D eigenvalue weighted by Gasteiger charge is 2.43. The lowest BCUT2D eigenvalue weighted by Gasteiger charge is -2.49. The zero-order valence-corrected chi connectivity index (χ0v) is 11.8. The van der Waals surface area contributed by atoms with E-state index in [2.05, 4.69) is 43.1 Å². The van der Waals surface area contributed by atoms with Gasteiger partial charge in [-0.2, -0.15) is 0 Å². The molecular formula is C15H22N2O2. The largest absolute Gasteiger partial charge is 0.394 e. The van der Waals surface area contributed by atoms with E-state index in [1.165, 1.54) is 0 Å². The van der Waals surface area contributed by atoms with Gasteiger partial charge in [0.2, 0.25) is 5.91 Å². The molecule has 1 amide bonds. The normalized spacial score (nSPS) is 24.8. The molecule has 2 N–H and O–H groups in total. The number of aliphatic hydroxyl groups is 1. The van der Waals surface area contributed by atoms with Crippen LogP contribution in [0.5, 0.6) is 0 Å². The number of amides is 1. The minimum Gasteiger partial charge on any atom is -0.394 e. The molecule has 19 heavy (non-hydrogen) atoms. The van der Waals surface area contributed by atoms with E-state index in [0.717, 1.165) is 5.56 Å². The highest BCUT2D eigenvalue weighted by atomic mass is 16.3. The lowest BCUT2D eigenvalue weighted by molar-refractivity contribution is -0.139. The maximum atomic E-state index is 11.9. The topological polar surface area (TPSA) is 52.6 Å². The van der Waals surface area contributed by atoms with Gasteiger partial charge < -0.3 is 10.4 Å². The summed E-state index contributed by atoms with van der Waals surface area (Å²) in [5.41, 5.74) is 0.972. The van der Waals surface area contributed by atoms with Gasteiger partial charge in [-0.1, -0.05) is 30.3 Å². The quantitative estimate of drug-likeness (QED) is 0.864. The Bertz CT molecular complexity index is 445. The van der Waals surface area contributed by atoms with Crippen LogP contribution in [-0.2, 0) is 4.79 Å². The van der Waals surface area contributed by atoms with Crippen LogP contribution in [0.3, 0.4) is 0 Å². The van der Waals surface area contributed by atoms with Gasteiger partial charge in [-0.15, -0.1) is 0 Å². The average molecular weight is 262 g/mol. The van der Waals surface area contributed by atoms with E-state index in [1.807, 2.05) is 18.2 Å². The van der Waals surface area contributed by atoms with E-state index < -0.39 is 6.04 Å². The molecule has 1 fully saturated rings. The number of hydrogen-bond acceptors (Lipinski definition) is 3. The number of hydrogen-bond donors (Lipinski definition) is 2. The van der Waals surface area contributed by atoms with Crippen molar-refractivity contribution in [3.63, 3.8) is 0 Å². The highest BCUT2D eigenvalue weighted by molar-refractivity contribution is 5.83. The molecular weight excluding hydrogens is 240 g/mol. The summed E-state index contributed by atoms with van der Waals surface area (Å²) in [5, 5.41) is 12.4. The third-order valence-corrected chi connectivity index (χ3v) is 3.90. The number of rotatable bonds is 3. The van der Waals surface area contributed by atoms with Crippen molar-refractivity contribution < 1.29 is 9.90 Å². The summed E-state index contributed by atoms with van der Waals surface area (Å²) >= 11 is 0. The summed E-state index contributed by atoms with van der Waals surface area (Å²) in [6.07, 6.45) is 0. The van der Waals surface area contributed by atoms with Gasteiger partial charge in [0.25, 0.3) is 0 Å². The second-order valence-corrected chi connectivity index (χ2v) is 5.72. The third-order valence-electron chi connectivity index (χ3n) is 3.90. The summed E-state index contributed by atoms with van der Waals surface area (Å²) < 4.78 is 0. The Balaban J connectivity index is 2.34. The Hall–Kier alpha value is -1.39. The Morgan fingerprint density at radius 2 is 2.05 bits per heavy atom. The van der Waals surface area contributed by atoms with E-state index in [-0.39, 0.29) is 24.1 Å². The molecule has 0 aliphatic carbocycles. The summed E-state index contributed by atoms with van der Waals surface area (Å²) in [4.78, 5) is 14.1. The molecule has 1 aliphatic heterocycles. The Labute approximate surface area is 114 Å². The SMILES string of the molecule is CC(c1ccccc1)N1C(CO)C(=O)NCC1(C)C. The Morgan fingerprint density at radius 3 is 2.63 bits per heavy atom. The molecule has 0 saturated carbocycles. The van der Waals surface area contributed by atoms with Crippen LogP contribution in [0.1, 0.15) is 32.4 Å². The highest BCUT2D eigenvalue weighted by Crippen LogP contribution is 2.32. The molecule has 0 bridgehead atoms. The summed E-state index contributed by atoms with van der Waals surface area (Å²) in [6.45, 7) is 6.70.